The molecule has 0 bridgehead atoms. The first-order chi connectivity index (χ1) is 6.16. The third-order valence-corrected chi connectivity index (χ3v) is 2.72. The summed E-state index contributed by atoms with van der Waals surface area (Å²) in [6.07, 6.45) is 2.12. The van der Waals surface area contributed by atoms with Crippen LogP contribution in [0.1, 0.15) is 36.9 Å². The number of rotatable bonds is 3. The van der Waals surface area contributed by atoms with Crippen molar-refractivity contribution in [2.45, 2.75) is 32.7 Å². The first-order valence-corrected chi connectivity index (χ1v) is 5.05. The third-order valence-electron chi connectivity index (χ3n) is 2.31. The van der Waals surface area contributed by atoms with Gasteiger partial charge in [-0.1, -0.05) is 37.1 Å². The second kappa shape index (κ2) is 4.64. The van der Waals surface area contributed by atoms with Crippen LogP contribution in [-0.2, 0) is 0 Å². The van der Waals surface area contributed by atoms with E-state index in [1.54, 1.807) is 0 Å². The Hall–Kier alpha value is -0.530. The average molecular weight is 198 g/mol. The molecule has 0 aliphatic rings. The molecule has 0 aliphatic heterocycles. The average Bonchev–Trinajstić information content (AvgIpc) is 2.10. The fraction of sp³-hybridized carbons (Fsp3) is 0.455. The number of hydrogen-bond acceptors (Lipinski definition) is 1. The molecule has 0 saturated heterocycles. The summed E-state index contributed by atoms with van der Waals surface area (Å²) in [5.74, 6) is 0. The highest BCUT2D eigenvalue weighted by Crippen LogP contribution is 2.25. The van der Waals surface area contributed by atoms with E-state index in [0.29, 0.717) is 0 Å². The minimum Gasteiger partial charge on any atom is -0.324 e. The molecular formula is C11H16ClN. The Kier molecular flexibility index (Phi) is 3.76. The van der Waals surface area contributed by atoms with E-state index in [4.69, 9.17) is 17.3 Å². The van der Waals surface area contributed by atoms with E-state index in [2.05, 4.69) is 13.0 Å². The van der Waals surface area contributed by atoms with Gasteiger partial charge in [0.15, 0.2) is 0 Å². The largest absolute Gasteiger partial charge is 0.324 e. The quantitative estimate of drug-likeness (QED) is 0.790. The summed E-state index contributed by atoms with van der Waals surface area (Å²) in [6.45, 7) is 4.16. The second-order valence-electron chi connectivity index (χ2n) is 3.35. The molecule has 0 saturated carbocycles. The molecule has 72 valence electrons. The van der Waals surface area contributed by atoms with Gasteiger partial charge in [0.25, 0.3) is 0 Å². The summed E-state index contributed by atoms with van der Waals surface area (Å²) in [4.78, 5) is 0. The van der Waals surface area contributed by atoms with Crippen LogP contribution in [0, 0.1) is 6.92 Å². The number of nitrogens with two attached hydrogens (primary N) is 1. The van der Waals surface area contributed by atoms with Gasteiger partial charge >= 0.3 is 0 Å². The topological polar surface area (TPSA) is 26.0 Å². The predicted molar refractivity (Wildman–Crippen MR) is 58.0 cm³/mol. The fourth-order valence-corrected chi connectivity index (χ4v) is 1.67. The van der Waals surface area contributed by atoms with Crippen LogP contribution < -0.4 is 5.73 Å². The number of halogens is 1. The van der Waals surface area contributed by atoms with E-state index in [9.17, 15) is 0 Å². The lowest BCUT2D eigenvalue weighted by molar-refractivity contribution is 0.635. The number of benzene rings is 1. The second-order valence-corrected chi connectivity index (χ2v) is 3.76. The maximum atomic E-state index is 6.02. The van der Waals surface area contributed by atoms with Crippen molar-refractivity contribution in [3.63, 3.8) is 0 Å². The minimum atomic E-state index is 0.128. The third kappa shape index (κ3) is 2.45. The van der Waals surface area contributed by atoms with Gasteiger partial charge in [0.1, 0.15) is 0 Å². The van der Waals surface area contributed by atoms with Gasteiger partial charge in [0.05, 0.1) is 0 Å². The Morgan fingerprint density at radius 2 is 2.15 bits per heavy atom. The molecule has 0 spiro atoms. The maximum absolute atomic E-state index is 6.02. The Balaban J connectivity index is 2.93. The number of hydrogen-bond donors (Lipinski definition) is 1. The summed E-state index contributed by atoms with van der Waals surface area (Å²) >= 11 is 6.00. The van der Waals surface area contributed by atoms with Gasteiger partial charge in [0, 0.05) is 11.1 Å². The summed E-state index contributed by atoms with van der Waals surface area (Å²) in [7, 11) is 0. The van der Waals surface area contributed by atoms with Crippen molar-refractivity contribution < 1.29 is 0 Å². The molecule has 1 atom stereocenters. The van der Waals surface area contributed by atoms with Crippen LogP contribution in [0.25, 0.3) is 0 Å². The van der Waals surface area contributed by atoms with Gasteiger partial charge in [-0.05, 0) is 30.5 Å². The fourth-order valence-electron chi connectivity index (χ4n) is 1.49. The molecule has 0 radical (unpaired) electrons. The summed E-state index contributed by atoms with van der Waals surface area (Å²) in [5, 5.41) is 0.809. The van der Waals surface area contributed by atoms with Crippen molar-refractivity contribution in [1.82, 2.24) is 0 Å². The molecule has 1 nitrogen and oxygen atoms in total. The molecule has 0 aromatic heterocycles. The molecule has 2 N–H and O–H groups in total. The van der Waals surface area contributed by atoms with Crippen molar-refractivity contribution in [2.24, 2.45) is 5.73 Å². The van der Waals surface area contributed by atoms with E-state index >= 15 is 0 Å². The van der Waals surface area contributed by atoms with E-state index in [-0.39, 0.29) is 6.04 Å². The van der Waals surface area contributed by atoms with Crippen LogP contribution in [-0.4, -0.2) is 0 Å². The standard InChI is InChI=1S/C11H16ClN/c1-3-5-11(13)9-6-4-7-10(12)8(9)2/h4,6-7,11H,3,5,13H2,1-2H3/t11-/m0/s1. The van der Waals surface area contributed by atoms with E-state index in [1.165, 1.54) is 5.56 Å². The summed E-state index contributed by atoms with van der Waals surface area (Å²) < 4.78 is 0. The zero-order chi connectivity index (χ0) is 9.84. The van der Waals surface area contributed by atoms with Gasteiger partial charge in [-0.3, -0.25) is 0 Å². The van der Waals surface area contributed by atoms with Gasteiger partial charge in [0.2, 0.25) is 0 Å². The molecular weight excluding hydrogens is 182 g/mol. The normalized spacial score (nSPS) is 12.9. The van der Waals surface area contributed by atoms with Crippen molar-refractivity contribution in [1.29, 1.82) is 0 Å². The van der Waals surface area contributed by atoms with Gasteiger partial charge in [-0.25, -0.2) is 0 Å². The molecule has 0 unspecified atom stereocenters. The van der Waals surface area contributed by atoms with Crippen LogP contribution in [0.2, 0.25) is 5.02 Å². The molecule has 1 aromatic rings. The Morgan fingerprint density at radius 3 is 2.77 bits per heavy atom. The monoisotopic (exact) mass is 197 g/mol. The van der Waals surface area contributed by atoms with Crippen molar-refractivity contribution in [3.05, 3.63) is 34.3 Å². The molecule has 0 fully saturated rings. The van der Waals surface area contributed by atoms with Gasteiger partial charge in [-0.2, -0.15) is 0 Å². The van der Waals surface area contributed by atoms with Crippen LogP contribution in [0.4, 0.5) is 0 Å². The first-order valence-electron chi connectivity index (χ1n) is 4.67. The smallest absolute Gasteiger partial charge is 0.0438 e. The summed E-state index contributed by atoms with van der Waals surface area (Å²) in [5.41, 5.74) is 8.31. The molecule has 13 heavy (non-hydrogen) atoms. The van der Waals surface area contributed by atoms with Crippen LogP contribution in [0.15, 0.2) is 18.2 Å². The lowest BCUT2D eigenvalue weighted by Crippen LogP contribution is -2.11. The van der Waals surface area contributed by atoms with Crippen molar-refractivity contribution in [2.75, 3.05) is 0 Å². The van der Waals surface area contributed by atoms with Crippen molar-refractivity contribution >= 4 is 11.6 Å². The highest BCUT2D eigenvalue weighted by Gasteiger charge is 2.08. The lowest BCUT2D eigenvalue weighted by atomic mass is 9.99. The highest BCUT2D eigenvalue weighted by molar-refractivity contribution is 6.31. The Morgan fingerprint density at radius 1 is 1.46 bits per heavy atom. The molecule has 1 aromatic carbocycles. The summed E-state index contributed by atoms with van der Waals surface area (Å²) in [6, 6.07) is 6.05. The van der Waals surface area contributed by atoms with Gasteiger partial charge in [-0.15, -0.1) is 0 Å². The minimum absolute atomic E-state index is 0.128. The van der Waals surface area contributed by atoms with Crippen molar-refractivity contribution in [3.8, 4) is 0 Å². The molecule has 1 rings (SSSR count). The molecule has 0 aliphatic carbocycles. The van der Waals surface area contributed by atoms with E-state index in [1.807, 2.05) is 19.1 Å². The predicted octanol–water partition coefficient (Wildman–Crippen LogP) is 3.45. The van der Waals surface area contributed by atoms with Gasteiger partial charge < -0.3 is 5.73 Å². The van der Waals surface area contributed by atoms with E-state index in [0.717, 1.165) is 23.4 Å². The van der Waals surface area contributed by atoms with Crippen LogP contribution in [0.3, 0.4) is 0 Å². The molecule has 0 amide bonds. The Labute approximate surface area is 84.9 Å². The lowest BCUT2D eigenvalue weighted by Gasteiger charge is -2.14. The first kappa shape index (κ1) is 10.6. The van der Waals surface area contributed by atoms with E-state index < -0.39 is 0 Å². The zero-order valence-corrected chi connectivity index (χ0v) is 8.93. The van der Waals surface area contributed by atoms with Crippen LogP contribution in [0.5, 0.6) is 0 Å². The van der Waals surface area contributed by atoms with Crippen LogP contribution >= 0.6 is 11.6 Å². The zero-order valence-electron chi connectivity index (χ0n) is 8.18. The maximum Gasteiger partial charge on any atom is 0.0438 e. The molecule has 0 heterocycles. The Bertz CT molecular complexity index is 283. The highest BCUT2D eigenvalue weighted by atomic mass is 35.5. The molecule has 2 heteroatoms. The SMILES string of the molecule is CCC[C@H](N)c1cccc(Cl)c1C.